The first kappa shape index (κ1) is 33.9. The van der Waals surface area contributed by atoms with Gasteiger partial charge in [0, 0.05) is 24.0 Å². The van der Waals surface area contributed by atoms with Crippen LogP contribution in [0.5, 0.6) is 0 Å². The third-order valence-corrected chi connectivity index (χ3v) is 9.71. The second-order valence-corrected chi connectivity index (χ2v) is 14.4. The molecule has 0 heterocycles. The number of hydrogen-bond donors (Lipinski definition) is 1. The Bertz CT molecular complexity index is 1710. The summed E-state index contributed by atoms with van der Waals surface area (Å²) in [7, 11) is -4.15. The van der Waals surface area contributed by atoms with Gasteiger partial charge in [0.1, 0.15) is 12.6 Å². The maximum atomic E-state index is 14.6. The number of amides is 2. The molecular formula is C36H40BrN3O4S. The second-order valence-electron chi connectivity index (χ2n) is 11.6. The van der Waals surface area contributed by atoms with Crippen LogP contribution in [0.2, 0.25) is 0 Å². The maximum Gasteiger partial charge on any atom is 0.264 e. The fourth-order valence-electron chi connectivity index (χ4n) is 5.03. The van der Waals surface area contributed by atoms with E-state index >= 15 is 0 Å². The Morgan fingerprint density at radius 3 is 2.11 bits per heavy atom. The first-order valence-electron chi connectivity index (χ1n) is 15.0. The zero-order valence-corrected chi connectivity index (χ0v) is 28.5. The summed E-state index contributed by atoms with van der Waals surface area (Å²) in [5.74, 6) is -0.576. The van der Waals surface area contributed by atoms with Gasteiger partial charge in [-0.1, -0.05) is 103 Å². The van der Waals surface area contributed by atoms with E-state index in [1.807, 2.05) is 94.4 Å². The smallest absolute Gasteiger partial charge is 0.264 e. The van der Waals surface area contributed by atoms with Gasteiger partial charge in [-0.2, -0.15) is 0 Å². The van der Waals surface area contributed by atoms with Gasteiger partial charge >= 0.3 is 0 Å². The summed E-state index contributed by atoms with van der Waals surface area (Å²) in [5, 5.41) is 3.02. The Morgan fingerprint density at radius 1 is 0.822 bits per heavy atom. The Kier molecular flexibility index (Phi) is 11.6. The van der Waals surface area contributed by atoms with Crippen molar-refractivity contribution < 1.29 is 18.0 Å². The number of carbonyl (C=O) groups is 2. The number of benzene rings is 4. The number of anilines is 1. The normalized spacial score (nSPS) is 12.0. The van der Waals surface area contributed by atoms with Gasteiger partial charge in [-0.3, -0.25) is 13.9 Å². The van der Waals surface area contributed by atoms with Crippen molar-refractivity contribution in [2.45, 2.75) is 51.6 Å². The molecule has 9 heteroatoms. The Hall–Kier alpha value is -3.95. The van der Waals surface area contributed by atoms with Crippen molar-refractivity contribution in [2.24, 2.45) is 5.92 Å². The molecule has 45 heavy (non-hydrogen) atoms. The number of aryl methyl sites for hydroxylation is 2. The monoisotopic (exact) mass is 689 g/mol. The van der Waals surface area contributed by atoms with E-state index in [4.69, 9.17) is 0 Å². The first-order chi connectivity index (χ1) is 21.5. The lowest BCUT2D eigenvalue weighted by Gasteiger charge is -2.34. The molecule has 1 atom stereocenters. The van der Waals surface area contributed by atoms with Crippen LogP contribution in [0.1, 0.15) is 36.1 Å². The highest BCUT2D eigenvalue weighted by molar-refractivity contribution is 9.10. The molecule has 0 aliphatic rings. The highest BCUT2D eigenvalue weighted by Crippen LogP contribution is 2.29. The minimum Gasteiger partial charge on any atom is -0.354 e. The molecule has 0 bridgehead atoms. The van der Waals surface area contributed by atoms with Crippen LogP contribution in [0, 0.1) is 19.8 Å². The van der Waals surface area contributed by atoms with E-state index in [1.165, 1.54) is 21.3 Å². The van der Waals surface area contributed by atoms with E-state index in [2.05, 4.69) is 21.2 Å². The molecule has 0 radical (unpaired) electrons. The minimum absolute atomic E-state index is 0.0766. The van der Waals surface area contributed by atoms with Crippen LogP contribution in [-0.4, -0.2) is 44.3 Å². The van der Waals surface area contributed by atoms with Crippen LogP contribution >= 0.6 is 15.9 Å². The Morgan fingerprint density at radius 2 is 1.47 bits per heavy atom. The van der Waals surface area contributed by atoms with Gasteiger partial charge in [0.05, 0.1) is 10.6 Å². The summed E-state index contributed by atoms with van der Waals surface area (Å²) >= 11 is 3.52. The van der Waals surface area contributed by atoms with Gasteiger partial charge in [-0.15, -0.1) is 0 Å². The minimum atomic E-state index is -4.15. The zero-order chi connectivity index (χ0) is 32.6. The number of halogens is 1. The van der Waals surface area contributed by atoms with Crippen LogP contribution < -0.4 is 9.62 Å². The van der Waals surface area contributed by atoms with E-state index in [1.54, 1.807) is 24.3 Å². The SMILES string of the molecule is Cc1ccc(C)c(N(CC(=O)N(Cc2cccc(Br)c2)[C@@H](Cc2ccccc2)C(=O)NCC(C)C)S(=O)(=O)c2ccccc2)c1. The predicted molar refractivity (Wildman–Crippen MR) is 183 cm³/mol. The van der Waals surface area contributed by atoms with Crippen molar-refractivity contribution in [1.29, 1.82) is 0 Å². The lowest BCUT2D eigenvalue weighted by molar-refractivity contribution is -0.140. The number of nitrogens with one attached hydrogen (secondary N) is 1. The van der Waals surface area contributed by atoms with Gasteiger partial charge in [0.15, 0.2) is 0 Å². The molecule has 0 spiro atoms. The highest BCUT2D eigenvalue weighted by atomic mass is 79.9. The van der Waals surface area contributed by atoms with Crippen molar-refractivity contribution in [2.75, 3.05) is 17.4 Å². The average Bonchev–Trinajstić information content (AvgIpc) is 3.02. The van der Waals surface area contributed by atoms with Crippen molar-refractivity contribution in [1.82, 2.24) is 10.2 Å². The molecule has 4 rings (SSSR count). The molecule has 2 amide bonds. The van der Waals surface area contributed by atoms with Crippen LogP contribution in [0.15, 0.2) is 112 Å². The molecule has 4 aromatic carbocycles. The van der Waals surface area contributed by atoms with Crippen LogP contribution in [-0.2, 0) is 32.6 Å². The van der Waals surface area contributed by atoms with Gasteiger partial charge < -0.3 is 10.2 Å². The molecule has 0 aliphatic carbocycles. The second kappa shape index (κ2) is 15.4. The molecule has 0 saturated heterocycles. The molecule has 0 aliphatic heterocycles. The average molecular weight is 691 g/mol. The summed E-state index contributed by atoms with van der Waals surface area (Å²) in [4.78, 5) is 30.1. The van der Waals surface area contributed by atoms with E-state index in [-0.39, 0.29) is 29.7 Å². The molecule has 0 saturated carbocycles. The standard InChI is InChI=1S/C36H40BrN3O4S/c1-26(2)23-38-36(42)34(22-29-12-7-5-8-13-29)39(24-30-14-11-15-31(37)21-30)35(41)25-40(33-20-27(3)18-19-28(33)4)45(43,44)32-16-9-6-10-17-32/h5-21,26,34H,22-25H2,1-4H3,(H,38,42)/t34-/m0/s1. The van der Waals surface area contributed by atoms with E-state index < -0.39 is 28.5 Å². The summed E-state index contributed by atoms with van der Waals surface area (Å²) in [6, 6.07) is 29.8. The summed E-state index contributed by atoms with van der Waals surface area (Å²) in [6.45, 7) is 7.78. The predicted octanol–water partition coefficient (Wildman–Crippen LogP) is 6.67. The van der Waals surface area contributed by atoms with Gasteiger partial charge in [0.25, 0.3) is 10.0 Å². The van der Waals surface area contributed by atoms with Gasteiger partial charge in [-0.25, -0.2) is 8.42 Å². The molecule has 0 unspecified atom stereocenters. The molecule has 0 aromatic heterocycles. The van der Waals surface area contributed by atoms with E-state index in [0.717, 1.165) is 21.2 Å². The van der Waals surface area contributed by atoms with Crippen molar-refractivity contribution >= 4 is 43.5 Å². The molecule has 4 aromatic rings. The number of hydrogen-bond acceptors (Lipinski definition) is 4. The highest BCUT2D eigenvalue weighted by Gasteiger charge is 2.35. The quantitative estimate of drug-likeness (QED) is 0.170. The molecule has 7 nitrogen and oxygen atoms in total. The lowest BCUT2D eigenvalue weighted by atomic mass is 10.0. The van der Waals surface area contributed by atoms with Crippen molar-refractivity contribution in [3.8, 4) is 0 Å². The molecule has 0 fully saturated rings. The lowest BCUT2D eigenvalue weighted by Crippen LogP contribution is -2.53. The third kappa shape index (κ3) is 9.05. The van der Waals surface area contributed by atoms with Crippen LogP contribution in [0.25, 0.3) is 0 Å². The van der Waals surface area contributed by atoms with Crippen molar-refractivity contribution in [3.05, 3.63) is 130 Å². The maximum absolute atomic E-state index is 14.6. The summed E-state index contributed by atoms with van der Waals surface area (Å²) in [5.41, 5.74) is 3.67. The fourth-order valence-corrected chi connectivity index (χ4v) is 6.97. The van der Waals surface area contributed by atoms with E-state index in [9.17, 15) is 18.0 Å². The number of nitrogens with zero attached hydrogens (tertiary/aromatic N) is 2. The van der Waals surface area contributed by atoms with Crippen molar-refractivity contribution in [3.63, 3.8) is 0 Å². The zero-order valence-electron chi connectivity index (χ0n) is 26.1. The topological polar surface area (TPSA) is 86.8 Å². The van der Waals surface area contributed by atoms with Crippen LogP contribution in [0.3, 0.4) is 0 Å². The molecular weight excluding hydrogens is 650 g/mol. The van der Waals surface area contributed by atoms with E-state index in [0.29, 0.717) is 17.8 Å². The number of carbonyl (C=O) groups excluding carboxylic acids is 2. The Balaban J connectivity index is 1.82. The number of sulfonamides is 1. The largest absolute Gasteiger partial charge is 0.354 e. The molecule has 1 N–H and O–H groups in total. The fraction of sp³-hybridized carbons (Fsp3) is 0.278. The van der Waals surface area contributed by atoms with Gasteiger partial charge in [-0.05, 0) is 72.4 Å². The van der Waals surface area contributed by atoms with Crippen LogP contribution in [0.4, 0.5) is 5.69 Å². The van der Waals surface area contributed by atoms with Gasteiger partial charge in [0.2, 0.25) is 11.8 Å². The Labute approximate surface area is 275 Å². The first-order valence-corrected chi connectivity index (χ1v) is 17.2. The summed E-state index contributed by atoms with van der Waals surface area (Å²) < 4.78 is 30.4. The third-order valence-electron chi connectivity index (χ3n) is 7.44. The molecule has 236 valence electrons. The number of rotatable bonds is 13. The summed E-state index contributed by atoms with van der Waals surface area (Å²) in [6.07, 6.45) is 0.263.